The van der Waals surface area contributed by atoms with Gasteiger partial charge in [-0.05, 0) is 42.9 Å². The lowest BCUT2D eigenvalue weighted by molar-refractivity contribution is -0.139. The summed E-state index contributed by atoms with van der Waals surface area (Å²) >= 11 is 0. The number of likely N-dealkylation sites (tertiary alicyclic amines) is 1. The van der Waals surface area contributed by atoms with Gasteiger partial charge in [-0.15, -0.1) is 12.4 Å². The third-order valence-corrected chi connectivity index (χ3v) is 4.23. The Balaban J connectivity index is 0.00000264. The second-order valence-corrected chi connectivity index (χ2v) is 7.20. The van der Waals surface area contributed by atoms with Crippen LogP contribution >= 0.6 is 12.4 Å². The summed E-state index contributed by atoms with van der Waals surface area (Å²) in [6.45, 7) is 9.81. The van der Waals surface area contributed by atoms with E-state index in [4.69, 9.17) is 10.5 Å². The van der Waals surface area contributed by atoms with Crippen LogP contribution in [0.5, 0.6) is 5.75 Å². The van der Waals surface area contributed by atoms with Gasteiger partial charge in [0.1, 0.15) is 5.75 Å². The molecule has 5 heteroatoms. The Hall–Kier alpha value is -1.26. The van der Waals surface area contributed by atoms with Crippen LogP contribution in [-0.4, -0.2) is 36.0 Å². The van der Waals surface area contributed by atoms with E-state index < -0.39 is 6.10 Å². The SMILES string of the molecule is CC(Oc1ccc(C(C)(C)C)cc1)C(=O)N1CCC(N)CC1.Cl. The lowest BCUT2D eigenvalue weighted by Crippen LogP contribution is -2.47. The molecule has 0 spiro atoms. The maximum Gasteiger partial charge on any atom is 0.263 e. The Kier molecular flexibility index (Phi) is 6.90. The quantitative estimate of drug-likeness (QED) is 0.919. The Morgan fingerprint density at radius 3 is 2.22 bits per heavy atom. The fraction of sp³-hybridized carbons (Fsp3) is 0.611. The van der Waals surface area contributed by atoms with E-state index in [0.717, 1.165) is 31.7 Å². The predicted octanol–water partition coefficient (Wildman–Crippen LogP) is 3.12. The maximum absolute atomic E-state index is 12.4. The monoisotopic (exact) mass is 340 g/mol. The van der Waals surface area contributed by atoms with Crippen LogP contribution in [0.2, 0.25) is 0 Å². The molecule has 1 fully saturated rings. The molecule has 1 heterocycles. The molecule has 1 aliphatic heterocycles. The zero-order valence-electron chi connectivity index (χ0n) is 14.5. The second-order valence-electron chi connectivity index (χ2n) is 7.20. The highest BCUT2D eigenvalue weighted by molar-refractivity contribution is 5.85. The van der Waals surface area contributed by atoms with Gasteiger partial charge < -0.3 is 15.4 Å². The number of benzene rings is 1. The van der Waals surface area contributed by atoms with Crippen LogP contribution in [-0.2, 0) is 10.2 Å². The highest BCUT2D eigenvalue weighted by atomic mass is 35.5. The summed E-state index contributed by atoms with van der Waals surface area (Å²) in [4.78, 5) is 14.3. The van der Waals surface area contributed by atoms with E-state index in [0.29, 0.717) is 0 Å². The average Bonchev–Trinajstić information content (AvgIpc) is 2.47. The van der Waals surface area contributed by atoms with Crippen molar-refractivity contribution in [2.45, 2.75) is 58.1 Å². The summed E-state index contributed by atoms with van der Waals surface area (Å²) < 4.78 is 5.80. The molecule has 1 aromatic carbocycles. The van der Waals surface area contributed by atoms with Crippen molar-refractivity contribution >= 4 is 18.3 Å². The predicted molar refractivity (Wildman–Crippen MR) is 96.3 cm³/mol. The molecule has 0 radical (unpaired) electrons. The average molecular weight is 341 g/mol. The molecule has 1 atom stereocenters. The van der Waals surface area contributed by atoms with Crippen molar-refractivity contribution in [3.63, 3.8) is 0 Å². The van der Waals surface area contributed by atoms with E-state index >= 15 is 0 Å². The highest BCUT2D eigenvalue weighted by Crippen LogP contribution is 2.25. The minimum Gasteiger partial charge on any atom is -0.481 e. The summed E-state index contributed by atoms with van der Waals surface area (Å²) in [5, 5.41) is 0. The number of nitrogens with zero attached hydrogens (tertiary/aromatic N) is 1. The molecule has 23 heavy (non-hydrogen) atoms. The second kappa shape index (κ2) is 8.02. The van der Waals surface area contributed by atoms with Gasteiger partial charge in [0.05, 0.1) is 0 Å². The summed E-state index contributed by atoms with van der Waals surface area (Å²) in [6.07, 6.45) is 1.28. The third-order valence-electron chi connectivity index (χ3n) is 4.23. The molecule has 1 saturated heterocycles. The van der Waals surface area contributed by atoms with Crippen LogP contribution in [0.1, 0.15) is 46.1 Å². The van der Waals surface area contributed by atoms with Crippen molar-refractivity contribution in [1.82, 2.24) is 4.90 Å². The van der Waals surface area contributed by atoms with Gasteiger partial charge in [0.2, 0.25) is 0 Å². The van der Waals surface area contributed by atoms with E-state index in [-0.39, 0.29) is 29.8 Å². The van der Waals surface area contributed by atoms with E-state index in [9.17, 15) is 4.79 Å². The molecule has 0 aromatic heterocycles. The van der Waals surface area contributed by atoms with Gasteiger partial charge in [-0.1, -0.05) is 32.9 Å². The largest absolute Gasteiger partial charge is 0.481 e. The Labute approximate surface area is 145 Å². The van der Waals surface area contributed by atoms with Gasteiger partial charge in [0.25, 0.3) is 5.91 Å². The normalized spacial score (nSPS) is 17.3. The van der Waals surface area contributed by atoms with Crippen LogP contribution in [0, 0.1) is 0 Å². The number of hydrogen-bond donors (Lipinski definition) is 1. The molecular formula is C18H29ClN2O2. The first-order valence-corrected chi connectivity index (χ1v) is 8.09. The molecule has 0 bridgehead atoms. The number of hydrogen-bond acceptors (Lipinski definition) is 3. The lowest BCUT2D eigenvalue weighted by atomic mass is 9.87. The van der Waals surface area contributed by atoms with Gasteiger partial charge in [0.15, 0.2) is 6.10 Å². The van der Waals surface area contributed by atoms with E-state index in [2.05, 4.69) is 32.9 Å². The minimum absolute atomic E-state index is 0. The smallest absolute Gasteiger partial charge is 0.263 e. The zero-order chi connectivity index (χ0) is 16.3. The zero-order valence-corrected chi connectivity index (χ0v) is 15.4. The van der Waals surface area contributed by atoms with Gasteiger partial charge in [-0.25, -0.2) is 0 Å². The molecule has 1 unspecified atom stereocenters. The van der Waals surface area contributed by atoms with Crippen molar-refractivity contribution in [2.75, 3.05) is 13.1 Å². The highest BCUT2D eigenvalue weighted by Gasteiger charge is 2.25. The molecule has 130 valence electrons. The first-order chi connectivity index (χ1) is 10.3. The number of rotatable bonds is 3. The maximum atomic E-state index is 12.4. The molecule has 2 N–H and O–H groups in total. The van der Waals surface area contributed by atoms with Crippen LogP contribution < -0.4 is 10.5 Å². The van der Waals surface area contributed by atoms with Crippen LogP contribution in [0.25, 0.3) is 0 Å². The molecule has 0 aliphatic carbocycles. The standard InChI is InChI=1S/C18H28N2O2.ClH/c1-13(17(21)20-11-9-15(19)10-12-20)22-16-7-5-14(6-8-16)18(2,3)4;/h5-8,13,15H,9-12,19H2,1-4H3;1H. The summed E-state index contributed by atoms with van der Waals surface area (Å²) in [5.41, 5.74) is 7.25. The third kappa shape index (κ3) is 5.40. The van der Waals surface area contributed by atoms with Gasteiger partial charge >= 0.3 is 0 Å². The number of nitrogens with two attached hydrogens (primary N) is 1. The molecule has 2 rings (SSSR count). The number of ether oxygens (including phenoxy) is 1. The molecule has 1 amide bonds. The molecule has 0 saturated carbocycles. The number of piperidine rings is 1. The van der Waals surface area contributed by atoms with Gasteiger partial charge in [-0.3, -0.25) is 4.79 Å². The summed E-state index contributed by atoms with van der Waals surface area (Å²) in [5.74, 6) is 0.786. The topological polar surface area (TPSA) is 55.6 Å². The number of halogens is 1. The molecule has 1 aliphatic rings. The molecule has 4 nitrogen and oxygen atoms in total. The van der Waals surface area contributed by atoms with E-state index in [1.54, 1.807) is 0 Å². The van der Waals surface area contributed by atoms with Crippen molar-refractivity contribution in [3.05, 3.63) is 29.8 Å². The van der Waals surface area contributed by atoms with Crippen LogP contribution in [0.15, 0.2) is 24.3 Å². The van der Waals surface area contributed by atoms with Crippen LogP contribution in [0.3, 0.4) is 0 Å². The Morgan fingerprint density at radius 1 is 1.22 bits per heavy atom. The summed E-state index contributed by atoms with van der Waals surface area (Å²) in [7, 11) is 0. The van der Waals surface area contributed by atoms with Crippen molar-refractivity contribution in [1.29, 1.82) is 0 Å². The number of carbonyl (C=O) groups is 1. The van der Waals surface area contributed by atoms with Crippen molar-refractivity contribution < 1.29 is 9.53 Å². The minimum atomic E-state index is -0.463. The summed E-state index contributed by atoms with van der Waals surface area (Å²) in [6, 6.07) is 8.23. The van der Waals surface area contributed by atoms with Crippen molar-refractivity contribution in [2.24, 2.45) is 5.73 Å². The number of amides is 1. The number of carbonyl (C=O) groups excluding carboxylic acids is 1. The van der Waals surface area contributed by atoms with E-state index in [1.165, 1.54) is 5.56 Å². The fourth-order valence-corrected chi connectivity index (χ4v) is 2.66. The van der Waals surface area contributed by atoms with E-state index in [1.807, 2.05) is 24.0 Å². The fourth-order valence-electron chi connectivity index (χ4n) is 2.66. The Bertz CT molecular complexity index is 503. The van der Waals surface area contributed by atoms with Crippen molar-refractivity contribution in [3.8, 4) is 5.75 Å². The van der Waals surface area contributed by atoms with Gasteiger partial charge in [0, 0.05) is 19.1 Å². The van der Waals surface area contributed by atoms with Gasteiger partial charge in [-0.2, -0.15) is 0 Å². The Morgan fingerprint density at radius 2 is 1.74 bits per heavy atom. The van der Waals surface area contributed by atoms with Crippen LogP contribution in [0.4, 0.5) is 0 Å². The first-order valence-electron chi connectivity index (χ1n) is 8.09. The lowest BCUT2D eigenvalue weighted by Gasteiger charge is -2.32. The molecule has 1 aromatic rings. The molecular weight excluding hydrogens is 312 g/mol. The first kappa shape index (κ1) is 19.8.